The molecule has 0 amide bonds. The van der Waals surface area contributed by atoms with Crippen LogP contribution in [0.2, 0.25) is 0 Å². The average Bonchev–Trinajstić information content (AvgIpc) is 2.90. The fraction of sp³-hybridized carbons (Fsp3) is 0.533. The van der Waals surface area contributed by atoms with Crippen molar-refractivity contribution >= 4 is 5.97 Å². The van der Waals surface area contributed by atoms with E-state index in [0.29, 0.717) is 12.6 Å². The normalized spacial score (nSPS) is 18.3. The number of esters is 1. The number of nitrogens with one attached hydrogen (secondary N) is 1. The Morgan fingerprint density at radius 3 is 3.11 bits per heavy atom. The van der Waals surface area contributed by atoms with Gasteiger partial charge in [0.05, 0.1) is 6.61 Å². The summed E-state index contributed by atoms with van der Waals surface area (Å²) in [7, 11) is 0. The quantitative estimate of drug-likeness (QED) is 0.797. The van der Waals surface area contributed by atoms with Crippen LogP contribution in [0.15, 0.2) is 24.3 Å². The van der Waals surface area contributed by atoms with Gasteiger partial charge in [0.1, 0.15) is 5.75 Å². The van der Waals surface area contributed by atoms with Crippen molar-refractivity contribution in [3.8, 4) is 5.75 Å². The third-order valence-electron chi connectivity index (χ3n) is 3.20. The third-order valence-corrected chi connectivity index (χ3v) is 3.20. The molecular formula is C15H21NO3. The zero-order chi connectivity index (χ0) is 13.5. The van der Waals surface area contributed by atoms with Gasteiger partial charge >= 0.3 is 5.97 Å². The number of hydrogen-bond acceptors (Lipinski definition) is 4. The highest BCUT2D eigenvalue weighted by atomic mass is 16.6. The van der Waals surface area contributed by atoms with Crippen LogP contribution in [0.25, 0.3) is 0 Å². The van der Waals surface area contributed by atoms with Gasteiger partial charge in [-0.1, -0.05) is 12.1 Å². The van der Waals surface area contributed by atoms with E-state index in [-0.39, 0.29) is 12.6 Å². The van der Waals surface area contributed by atoms with Gasteiger partial charge in [-0.2, -0.15) is 0 Å². The summed E-state index contributed by atoms with van der Waals surface area (Å²) >= 11 is 0. The van der Waals surface area contributed by atoms with E-state index in [2.05, 4.69) is 11.4 Å². The van der Waals surface area contributed by atoms with Crippen LogP contribution < -0.4 is 10.1 Å². The molecule has 104 valence electrons. The molecule has 0 aromatic heterocycles. The first kappa shape index (κ1) is 13.9. The Labute approximate surface area is 114 Å². The van der Waals surface area contributed by atoms with E-state index in [0.717, 1.165) is 18.7 Å². The van der Waals surface area contributed by atoms with Crippen molar-refractivity contribution < 1.29 is 14.3 Å². The van der Waals surface area contributed by atoms with Crippen LogP contribution in [0.5, 0.6) is 5.75 Å². The maximum atomic E-state index is 11.2. The molecule has 1 heterocycles. The molecular weight excluding hydrogens is 242 g/mol. The lowest BCUT2D eigenvalue weighted by Crippen LogP contribution is -2.23. The average molecular weight is 263 g/mol. The highest BCUT2D eigenvalue weighted by molar-refractivity contribution is 5.71. The van der Waals surface area contributed by atoms with E-state index in [1.165, 1.54) is 18.4 Å². The minimum atomic E-state index is -0.328. The Kier molecular flexibility index (Phi) is 5.21. The molecule has 0 aliphatic carbocycles. The first-order chi connectivity index (χ1) is 9.28. The van der Waals surface area contributed by atoms with Crippen molar-refractivity contribution in [2.24, 2.45) is 0 Å². The van der Waals surface area contributed by atoms with Crippen molar-refractivity contribution in [1.29, 1.82) is 0 Å². The van der Waals surface area contributed by atoms with Crippen LogP contribution in [0.3, 0.4) is 0 Å². The van der Waals surface area contributed by atoms with Gasteiger partial charge in [0.25, 0.3) is 0 Å². The summed E-state index contributed by atoms with van der Waals surface area (Å²) in [5.41, 5.74) is 1.24. The number of ether oxygens (including phenoxy) is 2. The fourth-order valence-corrected chi connectivity index (χ4v) is 2.32. The number of rotatable bonds is 6. The number of carbonyl (C=O) groups is 1. The topological polar surface area (TPSA) is 47.6 Å². The zero-order valence-corrected chi connectivity index (χ0v) is 11.4. The molecule has 1 aliphatic rings. The number of benzene rings is 1. The molecule has 1 fully saturated rings. The minimum Gasteiger partial charge on any atom is -0.482 e. The molecule has 1 aromatic rings. The molecule has 1 aliphatic heterocycles. The predicted octanol–water partition coefficient (Wildman–Crippen LogP) is 1.92. The van der Waals surface area contributed by atoms with Gasteiger partial charge in [0.2, 0.25) is 0 Å². The van der Waals surface area contributed by atoms with E-state index in [4.69, 9.17) is 9.47 Å². The van der Waals surface area contributed by atoms with E-state index in [1.54, 1.807) is 6.92 Å². The molecule has 4 nitrogen and oxygen atoms in total. The van der Waals surface area contributed by atoms with Gasteiger partial charge in [-0.25, -0.2) is 4.79 Å². The van der Waals surface area contributed by atoms with Gasteiger partial charge in [0, 0.05) is 6.04 Å². The van der Waals surface area contributed by atoms with Crippen LogP contribution in [-0.2, 0) is 16.0 Å². The van der Waals surface area contributed by atoms with Crippen LogP contribution in [0.4, 0.5) is 0 Å². The SMILES string of the molecule is CCOC(=O)COc1cccc(CC2CCCN2)c1. The van der Waals surface area contributed by atoms with Crippen molar-refractivity contribution in [3.05, 3.63) is 29.8 Å². The second kappa shape index (κ2) is 7.14. The molecule has 4 heteroatoms. The second-order valence-electron chi connectivity index (χ2n) is 4.74. The summed E-state index contributed by atoms with van der Waals surface area (Å²) in [4.78, 5) is 11.2. The Morgan fingerprint density at radius 1 is 1.47 bits per heavy atom. The van der Waals surface area contributed by atoms with Gasteiger partial charge < -0.3 is 14.8 Å². The monoisotopic (exact) mass is 263 g/mol. The molecule has 1 aromatic carbocycles. The highest BCUT2D eigenvalue weighted by Gasteiger charge is 2.14. The minimum absolute atomic E-state index is 0.0288. The molecule has 1 N–H and O–H groups in total. The number of hydrogen-bond donors (Lipinski definition) is 1. The smallest absolute Gasteiger partial charge is 0.344 e. The van der Waals surface area contributed by atoms with Crippen LogP contribution in [0.1, 0.15) is 25.3 Å². The van der Waals surface area contributed by atoms with Crippen molar-refractivity contribution in [1.82, 2.24) is 5.32 Å². The number of carbonyl (C=O) groups excluding carboxylic acids is 1. The van der Waals surface area contributed by atoms with Crippen molar-refractivity contribution in [2.75, 3.05) is 19.8 Å². The summed E-state index contributed by atoms with van der Waals surface area (Å²) in [6.07, 6.45) is 3.49. The largest absolute Gasteiger partial charge is 0.482 e. The van der Waals surface area contributed by atoms with Crippen molar-refractivity contribution in [3.63, 3.8) is 0 Å². The van der Waals surface area contributed by atoms with Crippen molar-refractivity contribution in [2.45, 2.75) is 32.2 Å². The predicted molar refractivity (Wildman–Crippen MR) is 73.3 cm³/mol. The van der Waals surface area contributed by atoms with E-state index in [1.807, 2.05) is 18.2 Å². The van der Waals surface area contributed by atoms with Gasteiger partial charge in [-0.15, -0.1) is 0 Å². The molecule has 1 unspecified atom stereocenters. The van der Waals surface area contributed by atoms with E-state index >= 15 is 0 Å². The summed E-state index contributed by atoms with van der Waals surface area (Å²) in [5, 5.41) is 3.48. The fourth-order valence-electron chi connectivity index (χ4n) is 2.32. The lowest BCUT2D eigenvalue weighted by atomic mass is 10.0. The van der Waals surface area contributed by atoms with Gasteiger partial charge in [-0.05, 0) is 50.4 Å². The first-order valence-corrected chi connectivity index (χ1v) is 6.88. The molecule has 2 rings (SSSR count). The first-order valence-electron chi connectivity index (χ1n) is 6.88. The summed E-state index contributed by atoms with van der Waals surface area (Å²) in [5.74, 6) is 0.397. The standard InChI is InChI=1S/C15H21NO3/c1-2-18-15(17)11-19-14-7-3-5-12(10-14)9-13-6-4-8-16-13/h3,5,7,10,13,16H,2,4,6,8-9,11H2,1H3. The zero-order valence-electron chi connectivity index (χ0n) is 11.4. The molecule has 1 atom stereocenters. The van der Waals surface area contributed by atoms with Crippen LogP contribution in [-0.4, -0.2) is 31.8 Å². The maximum absolute atomic E-state index is 11.2. The lowest BCUT2D eigenvalue weighted by molar-refractivity contribution is -0.145. The molecule has 0 spiro atoms. The molecule has 1 saturated heterocycles. The van der Waals surface area contributed by atoms with E-state index in [9.17, 15) is 4.79 Å². The molecule has 0 radical (unpaired) electrons. The summed E-state index contributed by atoms with van der Waals surface area (Å²) < 4.78 is 10.3. The van der Waals surface area contributed by atoms with Crippen LogP contribution in [0, 0.1) is 0 Å². The maximum Gasteiger partial charge on any atom is 0.344 e. The second-order valence-corrected chi connectivity index (χ2v) is 4.74. The molecule has 0 bridgehead atoms. The molecule has 19 heavy (non-hydrogen) atoms. The Bertz CT molecular complexity index is 414. The highest BCUT2D eigenvalue weighted by Crippen LogP contribution is 2.17. The Balaban J connectivity index is 1.85. The van der Waals surface area contributed by atoms with Gasteiger partial charge in [-0.3, -0.25) is 0 Å². The Hall–Kier alpha value is -1.55. The van der Waals surface area contributed by atoms with Gasteiger partial charge in [0.15, 0.2) is 6.61 Å². The Morgan fingerprint density at radius 2 is 2.37 bits per heavy atom. The third kappa shape index (κ3) is 4.56. The van der Waals surface area contributed by atoms with E-state index < -0.39 is 0 Å². The summed E-state index contributed by atoms with van der Waals surface area (Å²) in [6.45, 7) is 3.26. The summed E-state index contributed by atoms with van der Waals surface area (Å²) in [6, 6.07) is 8.49. The molecule has 0 saturated carbocycles. The lowest BCUT2D eigenvalue weighted by Gasteiger charge is -2.11. The van der Waals surface area contributed by atoms with Crippen LogP contribution >= 0.6 is 0 Å².